The van der Waals surface area contributed by atoms with Crippen LogP contribution in [0, 0.1) is 5.82 Å². The predicted octanol–water partition coefficient (Wildman–Crippen LogP) is 2.16. The molecule has 23 heavy (non-hydrogen) atoms. The first kappa shape index (κ1) is 15.5. The van der Waals surface area contributed by atoms with Crippen molar-refractivity contribution in [1.82, 2.24) is 9.88 Å². The van der Waals surface area contributed by atoms with Gasteiger partial charge < -0.3 is 14.1 Å². The van der Waals surface area contributed by atoms with Gasteiger partial charge in [-0.05, 0) is 31.0 Å². The molecule has 2 heterocycles. The lowest BCUT2D eigenvalue weighted by molar-refractivity contribution is 0.0787. The van der Waals surface area contributed by atoms with Crippen LogP contribution in [0.5, 0.6) is 5.75 Å². The summed E-state index contributed by atoms with van der Waals surface area (Å²) in [5, 5.41) is 0. The molecule has 0 atom stereocenters. The second kappa shape index (κ2) is 6.04. The van der Waals surface area contributed by atoms with E-state index in [2.05, 4.69) is 4.98 Å². The first-order valence-electron chi connectivity index (χ1n) is 7.14. The molecule has 1 aliphatic rings. The summed E-state index contributed by atoms with van der Waals surface area (Å²) in [6.07, 6.45) is 3.04. The van der Waals surface area contributed by atoms with Crippen molar-refractivity contribution in [2.75, 3.05) is 13.1 Å². The van der Waals surface area contributed by atoms with Gasteiger partial charge >= 0.3 is 10.1 Å². The molecular weight excluding hydrogens is 323 g/mol. The number of amides is 1. The minimum atomic E-state index is -4.21. The number of nitrogens with zero attached hydrogens (tertiary/aromatic N) is 1. The third-order valence-corrected chi connectivity index (χ3v) is 4.82. The second-order valence-electron chi connectivity index (χ2n) is 5.22. The fourth-order valence-corrected chi connectivity index (χ4v) is 3.34. The average molecular weight is 338 g/mol. The summed E-state index contributed by atoms with van der Waals surface area (Å²) >= 11 is 0. The van der Waals surface area contributed by atoms with Crippen LogP contribution in [0.1, 0.15) is 23.3 Å². The number of aromatic nitrogens is 1. The maximum absolute atomic E-state index is 13.5. The molecule has 6 nitrogen and oxygen atoms in total. The van der Waals surface area contributed by atoms with E-state index < -0.39 is 15.9 Å². The van der Waals surface area contributed by atoms with Crippen molar-refractivity contribution in [1.29, 1.82) is 0 Å². The highest BCUT2D eigenvalue weighted by atomic mass is 32.2. The molecule has 1 amide bonds. The van der Waals surface area contributed by atoms with Crippen molar-refractivity contribution >= 4 is 16.0 Å². The largest absolute Gasteiger partial charge is 0.376 e. The van der Waals surface area contributed by atoms with Gasteiger partial charge in [0.25, 0.3) is 5.91 Å². The summed E-state index contributed by atoms with van der Waals surface area (Å²) in [6, 6.07) is 6.42. The van der Waals surface area contributed by atoms with Crippen molar-refractivity contribution in [2.24, 2.45) is 0 Å². The topological polar surface area (TPSA) is 79.5 Å². The molecule has 1 aliphatic heterocycles. The van der Waals surface area contributed by atoms with Gasteiger partial charge in [0.2, 0.25) is 0 Å². The van der Waals surface area contributed by atoms with Crippen LogP contribution in [0.2, 0.25) is 0 Å². The van der Waals surface area contributed by atoms with Gasteiger partial charge in [-0.25, -0.2) is 4.39 Å². The molecule has 3 rings (SSSR count). The zero-order chi connectivity index (χ0) is 16.4. The Morgan fingerprint density at radius 2 is 1.91 bits per heavy atom. The Kier molecular flexibility index (Phi) is 4.08. The highest BCUT2D eigenvalue weighted by Gasteiger charge is 2.25. The number of likely N-dealkylation sites (tertiary alicyclic amines) is 1. The highest BCUT2D eigenvalue weighted by Crippen LogP contribution is 2.22. The molecule has 0 aliphatic carbocycles. The predicted molar refractivity (Wildman–Crippen MR) is 80.1 cm³/mol. The molecule has 1 aromatic carbocycles. The Morgan fingerprint density at radius 3 is 2.61 bits per heavy atom. The van der Waals surface area contributed by atoms with E-state index >= 15 is 0 Å². The Labute approximate surface area is 133 Å². The van der Waals surface area contributed by atoms with E-state index in [4.69, 9.17) is 4.18 Å². The van der Waals surface area contributed by atoms with Crippen molar-refractivity contribution < 1.29 is 21.8 Å². The van der Waals surface area contributed by atoms with Gasteiger partial charge in [0.1, 0.15) is 10.6 Å². The Morgan fingerprint density at radius 1 is 1.22 bits per heavy atom. The minimum absolute atomic E-state index is 0.169. The molecule has 1 fully saturated rings. The van der Waals surface area contributed by atoms with Crippen LogP contribution in [0.25, 0.3) is 0 Å². The van der Waals surface area contributed by atoms with E-state index in [9.17, 15) is 17.6 Å². The van der Waals surface area contributed by atoms with E-state index in [1.807, 2.05) is 0 Å². The van der Waals surface area contributed by atoms with Crippen LogP contribution in [0.15, 0.2) is 41.4 Å². The van der Waals surface area contributed by atoms with Gasteiger partial charge in [0, 0.05) is 19.3 Å². The Bertz CT molecular complexity index is 826. The Balaban J connectivity index is 1.81. The molecule has 1 saturated heterocycles. The summed E-state index contributed by atoms with van der Waals surface area (Å²) < 4.78 is 42.7. The molecule has 1 aromatic heterocycles. The molecule has 2 aromatic rings. The summed E-state index contributed by atoms with van der Waals surface area (Å²) in [6.45, 7) is 1.32. The fourth-order valence-electron chi connectivity index (χ4n) is 2.41. The van der Waals surface area contributed by atoms with Crippen molar-refractivity contribution in [2.45, 2.75) is 17.7 Å². The smallest absolute Gasteiger partial charge is 0.340 e. The number of para-hydroxylation sites is 1. The summed E-state index contributed by atoms with van der Waals surface area (Å²) in [5.74, 6) is -1.42. The van der Waals surface area contributed by atoms with Gasteiger partial charge in [-0.2, -0.15) is 8.42 Å². The molecular formula is C15H15FN2O4S. The first-order chi connectivity index (χ1) is 11.0. The van der Waals surface area contributed by atoms with Gasteiger partial charge in [-0.3, -0.25) is 4.79 Å². The van der Waals surface area contributed by atoms with Crippen LogP contribution in [-0.2, 0) is 10.1 Å². The van der Waals surface area contributed by atoms with E-state index in [1.165, 1.54) is 30.5 Å². The van der Waals surface area contributed by atoms with E-state index in [-0.39, 0.29) is 22.2 Å². The van der Waals surface area contributed by atoms with Gasteiger partial charge in [0.05, 0.1) is 0 Å². The van der Waals surface area contributed by atoms with Crippen LogP contribution >= 0.6 is 0 Å². The summed E-state index contributed by atoms with van der Waals surface area (Å²) in [5.41, 5.74) is 0.169. The number of carbonyl (C=O) groups excluding carboxylic acids is 1. The minimum Gasteiger partial charge on any atom is -0.376 e. The lowest BCUT2D eigenvalue weighted by Gasteiger charge is -2.13. The highest BCUT2D eigenvalue weighted by molar-refractivity contribution is 7.87. The van der Waals surface area contributed by atoms with E-state index in [0.29, 0.717) is 13.1 Å². The second-order valence-corrected chi connectivity index (χ2v) is 6.76. The number of aromatic amines is 1. The van der Waals surface area contributed by atoms with Crippen LogP contribution in [0.4, 0.5) is 4.39 Å². The van der Waals surface area contributed by atoms with E-state index in [1.54, 1.807) is 4.90 Å². The standard InChI is InChI=1S/C15H15FN2O4S/c16-12-5-1-2-6-14(12)22-23(20,21)11-9-13(17-10-11)15(19)18-7-3-4-8-18/h1-2,5-6,9-10,17H,3-4,7-8H2. The van der Waals surface area contributed by atoms with Crippen molar-refractivity contribution in [3.8, 4) is 5.75 Å². The third kappa shape index (κ3) is 3.21. The number of halogens is 1. The number of benzene rings is 1. The summed E-state index contributed by atoms with van der Waals surface area (Å²) in [4.78, 5) is 16.3. The zero-order valence-corrected chi connectivity index (χ0v) is 13.0. The molecule has 122 valence electrons. The summed E-state index contributed by atoms with van der Waals surface area (Å²) in [7, 11) is -4.21. The molecule has 0 spiro atoms. The van der Waals surface area contributed by atoms with Crippen LogP contribution < -0.4 is 4.18 Å². The normalized spacial score (nSPS) is 14.9. The quantitative estimate of drug-likeness (QED) is 0.867. The van der Waals surface area contributed by atoms with Crippen molar-refractivity contribution in [3.05, 3.63) is 48.0 Å². The van der Waals surface area contributed by atoms with Gasteiger partial charge in [-0.15, -0.1) is 0 Å². The third-order valence-electron chi connectivity index (χ3n) is 3.61. The number of H-pyrrole nitrogens is 1. The van der Waals surface area contributed by atoms with Crippen LogP contribution in [-0.4, -0.2) is 37.3 Å². The van der Waals surface area contributed by atoms with Crippen LogP contribution in [0.3, 0.4) is 0 Å². The molecule has 0 radical (unpaired) electrons. The average Bonchev–Trinajstić information content (AvgIpc) is 3.20. The molecule has 1 N–H and O–H groups in total. The molecule has 0 unspecified atom stereocenters. The Hall–Kier alpha value is -2.35. The number of rotatable bonds is 4. The van der Waals surface area contributed by atoms with Gasteiger partial charge in [0.15, 0.2) is 11.6 Å². The lowest BCUT2D eigenvalue weighted by Crippen LogP contribution is -2.27. The van der Waals surface area contributed by atoms with Crippen molar-refractivity contribution in [3.63, 3.8) is 0 Å². The molecule has 8 heteroatoms. The maximum atomic E-state index is 13.5. The molecule has 0 saturated carbocycles. The SMILES string of the molecule is O=C(c1cc(S(=O)(=O)Oc2ccccc2F)c[nH]1)N1CCCC1. The number of nitrogens with one attached hydrogen (secondary N) is 1. The van der Waals surface area contributed by atoms with E-state index in [0.717, 1.165) is 18.9 Å². The maximum Gasteiger partial charge on any atom is 0.340 e. The monoisotopic (exact) mass is 338 g/mol. The number of hydrogen-bond donors (Lipinski definition) is 1. The molecule has 0 bridgehead atoms. The zero-order valence-electron chi connectivity index (χ0n) is 12.2. The lowest BCUT2D eigenvalue weighted by atomic mass is 10.3. The number of hydrogen-bond acceptors (Lipinski definition) is 4. The first-order valence-corrected chi connectivity index (χ1v) is 8.55. The fraction of sp³-hybridized carbons (Fsp3) is 0.267. The van der Waals surface area contributed by atoms with Gasteiger partial charge in [-0.1, -0.05) is 12.1 Å². The number of carbonyl (C=O) groups is 1.